The van der Waals surface area contributed by atoms with E-state index in [2.05, 4.69) is 63.2 Å². The quantitative estimate of drug-likeness (QED) is 0.0440. The second-order valence-electron chi connectivity index (χ2n) is 23.2. The molecule has 0 aromatic heterocycles. The summed E-state index contributed by atoms with van der Waals surface area (Å²) < 4.78 is 52.3. The van der Waals surface area contributed by atoms with E-state index in [1.807, 2.05) is 0 Å². The highest BCUT2D eigenvalue weighted by Crippen LogP contribution is 2.21. The fourth-order valence-corrected chi connectivity index (χ4v) is 14.7. The van der Waals surface area contributed by atoms with Crippen molar-refractivity contribution < 1.29 is 90.5 Å². The van der Waals surface area contributed by atoms with Crippen LogP contribution < -0.4 is 37.2 Å². The molecule has 0 aliphatic carbocycles. The molecular weight excluding hydrogens is 1060 g/mol. The first-order valence-corrected chi connectivity index (χ1v) is 35.5. The Morgan fingerprint density at radius 1 is 0.227 bits per heavy atom. The standard InChI is InChI=1S/C26H58NO3Si.C22H50NO3Si.C9H24NO3Si.3ClH/c1-7-8-9-10-11-12-13-14-15-16-17-18-19-20-21-22-24-27(2,3)25-23-26-31(28-4,29-5)30-6;1-7-8-9-10-11-12-13-14-15-16-17-18-20-23(2,3)21-19-22-27(24-4,25-5)26-6;1-10(2,3)8-7-9-14(11-4,12-5)13-6;;;/h7-26H2,1-6H3;7-22H2,1-6H3;7-9H2,1-6H3;3*1H/q3*+1;;;/p-3. The van der Waals surface area contributed by atoms with Crippen LogP contribution in [0.25, 0.3) is 0 Å². The van der Waals surface area contributed by atoms with Gasteiger partial charge < -0.3 is 90.5 Å². The second kappa shape index (κ2) is 56.9. The SMILES string of the molecule is CCCCCCCCCCCCCCCCCC[N+](C)(C)CCC[Si](OC)(OC)OC.CCCCCCCCCCCCCC[N+](C)(C)CCC[Si](OC)(OC)OC.CO[Si](CCC[N+](C)(C)C)(OC)OC.[Cl-].[Cl-].[Cl-]. The molecule has 0 saturated carbocycles. The van der Waals surface area contributed by atoms with Gasteiger partial charge in [0.1, 0.15) is 0 Å². The van der Waals surface area contributed by atoms with Crippen LogP contribution in [0.2, 0.25) is 18.1 Å². The molecule has 0 aromatic carbocycles. The number of nitrogens with zero attached hydrogens (tertiary/aromatic N) is 3. The van der Waals surface area contributed by atoms with Gasteiger partial charge in [0, 0.05) is 101 Å². The van der Waals surface area contributed by atoms with E-state index in [9.17, 15) is 0 Å². The minimum atomic E-state index is -2.40. The monoisotopic (exact) mass is 1190 g/mol. The molecule has 0 aliphatic heterocycles. The Morgan fingerprint density at radius 2 is 0.387 bits per heavy atom. The molecular formula is C57H132Cl3N3O9Si3. The third-order valence-electron chi connectivity index (χ3n) is 14.8. The van der Waals surface area contributed by atoms with Gasteiger partial charge in [-0.1, -0.05) is 168 Å². The normalized spacial score (nSPS) is 12.2. The molecule has 18 heteroatoms. The maximum atomic E-state index is 5.53. The lowest BCUT2D eigenvalue weighted by atomic mass is 10.0. The number of rotatable bonds is 51. The highest BCUT2D eigenvalue weighted by atomic mass is 35.5. The van der Waals surface area contributed by atoms with Gasteiger partial charge in [0.15, 0.2) is 0 Å². The molecule has 0 atom stereocenters. The smallest absolute Gasteiger partial charge is 0.500 e. The van der Waals surface area contributed by atoms with E-state index < -0.39 is 26.4 Å². The second-order valence-corrected chi connectivity index (χ2v) is 32.4. The van der Waals surface area contributed by atoms with Gasteiger partial charge in [-0.25, -0.2) is 0 Å². The Hall–Kier alpha value is 1.04. The van der Waals surface area contributed by atoms with Crippen molar-refractivity contribution in [3.63, 3.8) is 0 Å². The van der Waals surface area contributed by atoms with Crippen molar-refractivity contribution in [1.82, 2.24) is 0 Å². The molecule has 0 fully saturated rings. The summed E-state index contributed by atoms with van der Waals surface area (Å²) in [6, 6.07) is 2.68. The zero-order valence-electron chi connectivity index (χ0n) is 53.2. The Balaban J connectivity index is -0.000000248. The van der Waals surface area contributed by atoms with Crippen molar-refractivity contribution in [2.24, 2.45) is 0 Å². The van der Waals surface area contributed by atoms with Crippen molar-refractivity contribution in [1.29, 1.82) is 0 Å². The summed E-state index contributed by atoms with van der Waals surface area (Å²) >= 11 is 0. The van der Waals surface area contributed by atoms with Crippen molar-refractivity contribution in [2.75, 3.05) is 146 Å². The Kier molecular flexibility index (Phi) is 66.2. The minimum Gasteiger partial charge on any atom is -1.00 e. The van der Waals surface area contributed by atoms with Crippen LogP contribution in [-0.2, 0) is 39.8 Å². The first-order chi connectivity index (χ1) is 34.3. The topological polar surface area (TPSA) is 83.1 Å². The van der Waals surface area contributed by atoms with Gasteiger partial charge in [0.05, 0.1) is 82.1 Å². The fraction of sp³-hybridized carbons (Fsp3) is 1.00. The molecule has 75 heavy (non-hydrogen) atoms. The molecule has 0 saturated heterocycles. The van der Waals surface area contributed by atoms with E-state index in [1.54, 1.807) is 64.0 Å². The summed E-state index contributed by atoms with van der Waals surface area (Å²) in [5.41, 5.74) is 0. The minimum absolute atomic E-state index is 0. The lowest BCUT2D eigenvalue weighted by molar-refractivity contribution is -0.890. The van der Waals surface area contributed by atoms with Crippen molar-refractivity contribution >= 4 is 26.4 Å². The molecule has 0 spiro atoms. The molecule has 462 valence electrons. The third-order valence-corrected chi connectivity index (χ3v) is 23.3. The zero-order valence-corrected chi connectivity index (χ0v) is 58.5. The summed E-state index contributed by atoms with van der Waals surface area (Å²) in [5, 5.41) is 0. The van der Waals surface area contributed by atoms with E-state index in [-0.39, 0.29) is 37.2 Å². The van der Waals surface area contributed by atoms with E-state index in [4.69, 9.17) is 39.8 Å². The van der Waals surface area contributed by atoms with Crippen LogP contribution in [0.1, 0.15) is 213 Å². The molecule has 0 rings (SSSR count). The van der Waals surface area contributed by atoms with Gasteiger partial charge in [-0.3, -0.25) is 0 Å². The Morgan fingerprint density at radius 3 is 0.560 bits per heavy atom. The Bertz CT molecular complexity index is 1110. The van der Waals surface area contributed by atoms with Gasteiger partial charge >= 0.3 is 26.4 Å². The molecule has 0 radical (unpaired) electrons. The summed E-state index contributed by atoms with van der Waals surface area (Å²) in [7, 11) is 24.0. The van der Waals surface area contributed by atoms with Crippen molar-refractivity contribution in [3.05, 3.63) is 0 Å². The van der Waals surface area contributed by atoms with E-state index in [0.29, 0.717) is 0 Å². The van der Waals surface area contributed by atoms with Gasteiger partial charge in [0.2, 0.25) is 0 Å². The first kappa shape index (κ1) is 87.3. The molecule has 0 bridgehead atoms. The maximum absolute atomic E-state index is 5.53. The summed E-state index contributed by atoms with van der Waals surface area (Å²) in [6.45, 7) is 10.5. The summed E-state index contributed by atoms with van der Waals surface area (Å²) in [6.07, 6.45) is 43.1. The van der Waals surface area contributed by atoms with Gasteiger partial charge in [-0.15, -0.1) is 0 Å². The molecule has 0 aliphatic rings. The third kappa shape index (κ3) is 54.1. The highest BCUT2D eigenvalue weighted by Gasteiger charge is 2.39. The van der Waals surface area contributed by atoms with E-state index in [0.717, 1.165) is 70.5 Å². The van der Waals surface area contributed by atoms with Crippen LogP contribution >= 0.6 is 0 Å². The van der Waals surface area contributed by atoms with Crippen LogP contribution in [0.15, 0.2) is 0 Å². The number of quaternary nitrogens is 3. The summed E-state index contributed by atoms with van der Waals surface area (Å²) in [4.78, 5) is 0. The van der Waals surface area contributed by atoms with E-state index in [1.165, 1.54) is 193 Å². The molecule has 0 unspecified atom stereocenters. The number of hydrogen-bond donors (Lipinski definition) is 0. The van der Waals surface area contributed by atoms with E-state index >= 15 is 0 Å². The van der Waals surface area contributed by atoms with Crippen LogP contribution in [0.4, 0.5) is 0 Å². The predicted octanol–water partition coefficient (Wildman–Crippen LogP) is 5.60. The molecule has 0 N–H and O–H groups in total. The maximum Gasteiger partial charge on any atom is 0.500 e. The lowest BCUT2D eigenvalue weighted by Crippen LogP contribution is -3.00. The molecule has 12 nitrogen and oxygen atoms in total. The van der Waals surface area contributed by atoms with Crippen molar-refractivity contribution in [3.8, 4) is 0 Å². The largest absolute Gasteiger partial charge is 1.00 e. The van der Waals surface area contributed by atoms with Gasteiger partial charge in [-0.2, -0.15) is 0 Å². The summed E-state index contributed by atoms with van der Waals surface area (Å²) in [5.74, 6) is 0. The molecule has 0 aromatic rings. The van der Waals surface area contributed by atoms with Gasteiger partial charge in [0.25, 0.3) is 0 Å². The predicted molar refractivity (Wildman–Crippen MR) is 316 cm³/mol. The number of halogens is 3. The average molecular weight is 1190 g/mol. The lowest BCUT2D eigenvalue weighted by Gasteiger charge is -2.31. The average Bonchev–Trinajstić information content (AvgIpc) is 3.36. The van der Waals surface area contributed by atoms with Gasteiger partial charge in [-0.05, 0) is 25.7 Å². The first-order valence-electron chi connectivity index (χ1n) is 29.7. The number of unbranched alkanes of at least 4 members (excludes halogenated alkanes) is 26. The number of hydrogen-bond acceptors (Lipinski definition) is 9. The Labute approximate surface area is 491 Å². The van der Waals surface area contributed by atoms with Crippen LogP contribution in [0.3, 0.4) is 0 Å². The highest BCUT2D eigenvalue weighted by molar-refractivity contribution is 6.61. The molecule has 0 amide bonds. The van der Waals surface area contributed by atoms with Crippen LogP contribution in [-0.4, -0.2) is 186 Å². The van der Waals surface area contributed by atoms with Crippen LogP contribution in [0, 0.1) is 0 Å². The fourth-order valence-electron chi connectivity index (χ4n) is 9.58. The van der Waals surface area contributed by atoms with Crippen LogP contribution in [0.5, 0.6) is 0 Å². The molecule has 0 heterocycles. The zero-order chi connectivity index (χ0) is 54.9. The van der Waals surface area contributed by atoms with Crippen molar-refractivity contribution in [2.45, 2.75) is 231 Å².